The molecule has 0 aromatic carbocycles. The molecular weight excluding hydrogens is 111 g/mol. The zero-order valence-electron chi connectivity index (χ0n) is 4.31. The Morgan fingerprint density at radius 2 is 2.57 bits per heavy atom. The van der Waals surface area contributed by atoms with E-state index in [1.54, 1.807) is 0 Å². The zero-order chi connectivity index (χ0) is 5.54. The van der Waals surface area contributed by atoms with Crippen molar-refractivity contribution in [2.45, 2.75) is 13.3 Å². The maximum Gasteiger partial charge on any atom is 0.295 e. The van der Waals surface area contributed by atoms with Crippen LogP contribution in [0.15, 0.2) is 0 Å². The van der Waals surface area contributed by atoms with Crippen LogP contribution in [0.25, 0.3) is 0 Å². The summed E-state index contributed by atoms with van der Waals surface area (Å²) in [5, 5.41) is 0. The van der Waals surface area contributed by atoms with Gasteiger partial charge in [0, 0.05) is 6.16 Å². The van der Waals surface area contributed by atoms with Crippen molar-refractivity contribution in [3.63, 3.8) is 0 Å². The first-order valence-electron chi connectivity index (χ1n) is 2.24. The van der Waals surface area contributed by atoms with Gasteiger partial charge in [0.15, 0.2) is 0 Å². The lowest BCUT2D eigenvalue weighted by atomic mass is 10.6. The summed E-state index contributed by atoms with van der Waals surface area (Å²) in [5.41, 5.74) is 0. The molecule has 0 saturated heterocycles. The van der Waals surface area contributed by atoms with Gasteiger partial charge in [0.25, 0.3) is 6.47 Å². The van der Waals surface area contributed by atoms with E-state index in [2.05, 4.69) is 11.4 Å². The van der Waals surface area contributed by atoms with Crippen LogP contribution < -0.4 is 0 Å². The first-order chi connectivity index (χ1) is 3.41. The lowest BCUT2D eigenvalue weighted by molar-refractivity contribution is -0.119. The van der Waals surface area contributed by atoms with Crippen molar-refractivity contribution < 1.29 is 9.32 Å². The Labute approximate surface area is 45.1 Å². The van der Waals surface area contributed by atoms with Crippen LogP contribution >= 0.6 is 8.81 Å². The van der Waals surface area contributed by atoms with Gasteiger partial charge in [-0.3, -0.25) is 4.79 Å². The average Bonchev–Trinajstić information content (AvgIpc) is 1.69. The molecule has 0 bridgehead atoms. The molecule has 3 heteroatoms. The van der Waals surface area contributed by atoms with Gasteiger partial charge in [0.1, 0.15) is 0 Å². The Morgan fingerprint density at radius 1 is 1.86 bits per heavy atom. The van der Waals surface area contributed by atoms with Crippen molar-refractivity contribution in [2.75, 3.05) is 6.16 Å². The molecule has 42 valence electrons. The Morgan fingerprint density at radius 3 is 3.00 bits per heavy atom. The lowest BCUT2D eigenvalue weighted by Crippen LogP contribution is -1.73. The van der Waals surface area contributed by atoms with Crippen LogP contribution in [0.3, 0.4) is 0 Å². The van der Waals surface area contributed by atoms with Crippen LogP contribution in [0.4, 0.5) is 0 Å². The molecule has 0 heterocycles. The van der Waals surface area contributed by atoms with Gasteiger partial charge in [0.05, 0.1) is 8.81 Å². The number of carbonyl (C=O) groups excluding carboxylic acids is 1. The molecule has 0 fully saturated rings. The van der Waals surface area contributed by atoms with Crippen LogP contribution in [0, 0.1) is 0 Å². The molecular formula is C4H9O2P. The van der Waals surface area contributed by atoms with E-state index in [1.807, 2.05) is 0 Å². The smallest absolute Gasteiger partial charge is 0.295 e. The van der Waals surface area contributed by atoms with Crippen LogP contribution in [0.2, 0.25) is 0 Å². The Hall–Kier alpha value is -0.100. The van der Waals surface area contributed by atoms with E-state index < -0.39 is 0 Å². The third-order valence-corrected chi connectivity index (χ3v) is 1.45. The predicted octanol–water partition coefficient (Wildman–Crippen LogP) is 1.16. The monoisotopic (exact) mass is 120 g/mol. The third kappa shape index (κ3) is 5.90. The average molecular weight is 120 g/mol. The molecule has 0 amide bonds. The van der Waals surface area contributed by atoms with Crippen LogP contribution in [-0.2, 0) is 9.32 Å². The molecule has 0 saturated carbocycles. The second-order valence-corrected chi connectivity index (χ2v) is 2.13. The normalized spacial score (nSPS) is 9.86. The largest absolute Gasteiger partial charge is 0.450 e. The van der Waals surface area contributed by atoms with Crippen LogP contribution in [0.1, 0.15) is 13.3 Å². The molecule has 1 unspecified atom stereocenters. The van der Waals surface area contributed by atoms with Crippen molar-refractivity contribution in [1.82, 2.24) is 0 Å². The van der Waals surface area contributed by atoms with Gasteiger partial charge in [-0.25, -0.2) is 0 Å². The van der Waals surface area contributed by atoms with E-state index in [9.17, 15) is 4.79 Å². The van der Waals surface area contributed by atoms with Gasteiger partial charge in [-0.1, -0.05) is 6.92 Å². The van der Waals surface area contributed by atoms with E-state index in [0.29, 0.717) is 15.3 Å². The summed E-state index contributed by atoms with van der Waals surface area (Å²) in [4.78, 5) is 9.46. The fraction of sp³-hybridized carbons (Fsp3) is 0.750. The van der Waals surface area contributed by atoms with Gasteiger partial charge < -0.3 is 4.52 Å². The van der Waals surface area contributed by atoms with Crippen LogP contribution in [-0.4, -0.2) is 12.6 Å². The van der Waals surface area contributed by atoms with Gasteiger partial charge in [-0.15, -0.1) is 0 Å². The highest BCUT2D eigenvalue weighted by molar-refractivity contribution is 7.32. The number of hydrogen-bond donors (Lipinski definition) is 0. The quantitative estimate of drug-likeness (QED) is 0.316. The van der Waals surface area contributed by atoms with Crippen molar-refractivity contribution >= 4 is 15.3 Å². The second-order valence-electron chi connectivity index (χ2n) is 1.11. The van der Waals surface area contributed by atoms with Crippen LogP contribution in [0.5, 0.6) is 0 Å². The summed E-state index contributed by atoms with van der Waals surface area (Å²) in [6, 6.07) is 0. The Bertz CT molecular complexity index is 47.0. The van der Waals surface area contributed by atoms with E-state index in [4.69, 9.17) is 0 Å². The molecule has 7 heavy (non-hydrogen) atoms. The van der Waals surface area contributed by atoms with Gasteiger partial charge >= 0.3 is 0 Å². The SMILES string of the molecule is CCCPOC=O. The van der Waals surface area contributed by atoms with E-state index in [0.717, 1.165) is 12.6 Å². The van der Waals surface area contributed by atoms with Gasteiger partial charge in [-0.2, -0.15) is 0 Å². The van der Waals surface area contributed by atoms with E-state index in [1.165, 1.54) is 0 Å². The molecule has 0 aromatic rings. The summed E-state index contributed by atoms with van der Waals surface area (Å²) >= 11 is 0. The van der Waals surface area contributed by atoms with Gasteiger partial charge in [-0.05, 0) is 6.42 Å². The topological polar surface area (TPSA) is 26.3 Å². The summed E-state index contributed by atoms with van der Waals surface area (Å²) in [5.74, 6) is 0. The lowest BCUT2D eigenvalue weighted by Gasteiger charge is -1.90. The molecule has 0 aliphatic carbocycles. The standard InChI is InChI=1S/C4H9O2P/c1-2-3-7-6-4-5/h4,7H,2-3H2,1H3. The fourth-order valence-electron chi connectivity index (χ4n) is 0.195. The highest BCUT2D eigenvalue weighted by atomic mass is 31.1. The molecule has 0 aromatic heterocycles. The van der Waals surface area contributed by atoms with Crippen molar-refractivity contribution in [1.29, 1.82) is 0 Å². The maximum atomic E-state index is 9.46. The van der Waals surface area contributed by atoms with Crippen molar-refractivity contribution in [3.8, 4) is 0 Å². The molecule has 2 nitrogen and oxygen atoms in total. The summed E-state index contributed by atoms with van der Waals surface area (Å²) in [6.45, 7) is 2.55. The van der Waals surface area contributed by atoms with Crippen molar-refractivity contribution in [2.24, 2.45) is 0 Å². The number of rotatable bonds is 4. The minimum Gasteiger partial charge on any atom is -0.450 e. The number of hydrogen-bond acceptors (Lipinski definition) is 2. The number of carbonyl (C=O) groups is 1. The zero-order valence-corrected chi connectivity index (χ0v) is 5.31. The third-order valence-electron chi connectivity index (χ3n) is 0.484. The summed E-state index contributed by atoms with van der Waals surface area (Å²) in [7, 11) is 0.364. The van der Waals surface area contributed by atoms with E-state index in [-0.39, 0.29) is 0 Å². The maximum absolute atomic E-state index is 9.46. The highest BCUT2D eigenvalue weighted by Crippen LogP contribution is 2.09. The second kappa shape index (κ2) is 5.90. The fourth-order valence-corrected chi connectivity index (χ4v) is 0.585. The molecule has 0 rings (SSSR count). The molecule has 0 aliphatic heterocycles. The predicted molar refractivity (Wildman–Crippen MR) is 30.6 cm³/mol. The van der Waals surface area contributed by atoms with Gasteiger partial charge in [0.2, 0.25) is 0 Å². The molecule has 0 spiro atoms. The highest BCUT2D eigenvalue weighted by Gasteiger charge is 1.78. The molecule has 0 radical (unpaired) electrons. The molecule has 0 N–H and O–H groups in total. The van der Waals surface area contributed by atoms with Crippen molar-refractivity contribution in [3.05, 3.63) is 0 Å². The van der Waals surface area contributed by atoms with E-state index >= 15 is 0 Å². The Kier molecular flexibility index (Phi) is 5.82. The Balaban J connectivity index is 2.56. The minimum absolute atomic E-state index is 0.364. The summed E-state index contributed by atoms with van der Waals surface area (Å²) in [6.07, 6.45) is 2.09. The molecule has 0 aliphatic rings. The first kappa shape index (κ1) is 6.90. The molecule has 1 atom stereocenters. The summed E-state index contributed by atoms with van der Waals surface area (Å²) < 4.78 is 4.42. The minimum atomic E-state index is 0.364. The first-order valence-corrected chi connectivity index (χ1v) is 3.35.